The van der Waals surface area contributed by atoms with Crippen molar-refractivity contribution < 1.29 is 27.4 Å². The maximum Gasteiger partial charge on any atom is 0.264 e. The summed E-state index contributed by atoms with van der Waals surface area (Å²) in [4.78, 5) is 12.8. The average Bonchev–Trinajstić information content (AvgIpc) is 3.00. The van der Waals surface area contributed by atoms with Crippen LogP contribution in [0.4, 0.5) is 5.69 Å². The van der Waals surface area contributed by atoms with Crippen LogP contribution in [0.5, 0.6) is 17.2 Å². The van der Waals surface area contributed by atoms with Gasteiger partial charge in [0.2, 0.25) is 0 Å². The summed E-state index contributed by atoms with van der Waals surface area (Å²) in [6.45, 7) is 1.77. The molecule has 0 fully saturated rings. The molecule has 4 aromatic carbocycles. The molecule has 4 aromatic rings. The standard InChI is InChI=1S/C31H30ClN3O6S/c1-22-4-12-26(13-5-22)35(42(37,38)28-16-17-29(39-2)30(18-28)40-3)20-31(36)34-33-19-23-8-14-27(15-9-23)41-21-24-6-10-25(32)11-7-24/h4-19H,20-21H2,1-3H3,(H,34,36)/b33-19-. The first kappa shape index (κ1) is 30.4. The number of nitrogens with one attached hydrogen (secondary N) is 1. The lowest BCUT2D eigenvalue weighted by Gasteiger charge is -2.24. The Bertz CT molecular complexity index is 1640. The van der Waals surface area contributed by atoms with E-state index in [1.165, 1.54) is 38.6 Å². The van der Waals surface area contributed by atoms with Crippen LogP contribution in [-0.2, 0) is 21.4 Å². The minimum Gasteiger partial charge on any atom is -0.493 e. The summed E-state index contributed by atoms with van der Waals surface area (Å²) in [5.41, 5.74) is 5.37. The number of halogens is 1. The summed E-state index contributed by atoms with van der Waals surface area (Å²) >= 11 is 5.91. The van der Waals surface area contributed by atoms with Crippen molar-refractivity contribution in [3.05, 3.63) is 113 Å². The first-order chi connectivity index (χ1) is 20.2. The minimum absolute atomic E-state index is 0.0598. The predicted octanol–water partition coefficient (Wildman–Crippen LogP) is 5.59. The predicted molar refractivity (Wildman–Crippen MR) is 163 cm³/mol. The molecule has 42 heavy (non-hydrogen) atoms. The maximum absolute atomic E-state index is 13.7. The lowest BCUT2D eigenvalue weighted by atomic mass is 10.2. The van der Waals surface area contributed by atoms with Gasteiger partial charge in [0.05, 0.1) is 31.0 Å². The van der Waals surface area contributed by atoms with Crippen LogP contribution in [0, 0.1) is 6.92 Å². The molecular formula is C31H30ClN3O6S. The van der Waals surface area contributed by atoms with Crippen LogP contribution in [0.1, 0.15) is 16.7 Å². The number of hydrazone groups is 1. The van der Waals surface area contributed by atoms with E-state index < -0.39 is 22.5 Å². The summed E-state index contributed by atoms with van der Waals surface area (Å²) < 4.78 is 44.7. The van der Waals surface area contributed by atoms with Crippen molar-refractivity contribution in [1.82, 2.24) is 5.43 Å². The van der Waals surface area contributed by atoms with Gasteiger partial charge in [-0.15, -0.1) is 0 Å². The molecule has 11 heteroatoms. The highest BCUT2D eigenvalue weighted by Crippen LogP contribution is 2.32. The van der Waals surface area contributed by atoms with E-state index in [-0.39, 0.29) is 10.6 Å². The Morgan fingerprint density at radius 2 is 1.57 bits per heavy atom. The largest absolute Gasteiger partial charge is 0.493 e. The highest BCUT2D eigenvalue weighted by atomic mass is 35.5. The maximum atomic E-state index is 13.7. The van der Waals surface area contributed by atoms with Crippen molar-refractivity contribution in [1.29, 1.82) is 0 Å². The lowest BCUT2D eigenvalue weighted by molar-refractivity contribution is -0.119. The molecule has 1 amide bonds. The second-order valence-electron chi connectivity index (χ2n) is 9.14. The molecule has 0 saturated carbocycles. The second kappa shape index (κ2) is 13.9. The molecule has 0 aliphatic carbocycles. The third-order valence-corrected chi connectivity index (χ3v) is 8.18. The van der Waals surface area contributed by atoms with Crippen molar-refractivity contribution in [2.75, 3.05) is 25.1 Å². The summed E-state index contributed by atoms with van der Waals surface area (Å²) in [6.07, 6.45) is 1.46. The minimum atomic E-state index is -4.16. The molecule has 0 heterocycles. The van der Waals surface area contributed by atoms with Crippen molar-refractivity contribution >= 4 is 39.4 Å². The Kier molecular flexibility index (Phi) is 10.1. The fourth-order valence-electron chi connectivity index (χ4n) is 3.87. The van der Waals surface area contributed by atoms with E-state index in [0.717, 1.165) is 15.4 Å². The molecule has 0 aliphatic rings. The fourth-order valence-corrected chi connectivity index (χ4v) is 5.44. The van der Waals surface area contributed by atoms with Gasteiger partial charge in [0, 0.05) is 11.1 Å². The van der Waals surface area contributed by atoms with Crippen LogP contribution in [0.15, 0.2) is 101 Å². The molecule has 1 N–H and O–H groups in total. The van der Waals surface area contributed by atoms with Gasteiger partial charge in [-0.1, -0.05) is 41.4 Å². The normalized spacial score (nSPS) is 11.2. The Balaban J connectivity index is 1.44. The number of carbonyl (C=O) groups excluding carboxylic acids is 1. The van der Waals surface area contributed by atoms with Gasteiger partial charge in [-0.3, -0.25) is 9.10 Å². The zero-order chi connectivity index (χ0) is 30.1. The second-order valence-corrected chi connectivity index (χ2v) is 11.4. The van der Waals surface area contributed by atoms with Gasteiger partial charge in [-0.05, 0) is 78.7 Å². The summed E-state index contributed by atoms with van der Waals surface area (Å²) in [5, 5.41) is 4.67. The number of rotatable bonds is 12. The number of amides is 1. The molecule has 0 aromatic heterocycles. The lowest BCUT2D eigenvalue weighted by Crippen LogP contribution is -2.39. The molecule has 0 aliphatic heterocycles. The fraction of sp³-hybridized carbons (Fsp3) is 0.161. The molecule has 0 saturated heterocycles. The molecule has 0 atom stereocenters. The Morgan fingerprint density at radius 3 is 2.21 bits per heavy atom. The van der Waals surface area contributed by atoms with E-state index in [2.05, 4.69) is 10.5 Å². The van der Waals surface area contributed by atoms with E-state index in [1.54, 1.807) is 60.7 Å². The highest BCUT2D eigenvalue weighted by Gasteiger charge is 2.28. The molecule has 0 unspecified atom stereocenters. The number of sulfonamides is 1. The van der Waals surface area contributed by atoms with Crippen molar-refractivity contribution in [2.24, 2.45) is 5.10 Å². The third kappa shape index (κ3) is 7.80. The molecular weight excluding hydrogens is 578 g/mol. The van der Waals surface area contributed by atoms with Gasteiger partial charge in [0.25, 0.3) is 15.9 Å². The Hall–Kier alpha value is -4.54. The zero-order valence-electron chi connectivity index (χ0n) is 23.3. The van der Waals surface area contributed by atoms with E-state index >= 15 is 0 Å². The first-order valence-corrected chi connectivity index (χ1v) is 14.6. The third-order valence-electron chi connectivity index (χ3n) is 6.15. The van der Waals surface area contributed by atoms with Crippen LogP contribution in [0.2, 0.25) is 5.02 Å². The molecule has 0 radical (unpaired) electrons. The smallest absolute Gasteiger partial charge is 0.264 e. The van der Waals surface area contributed by atoms with Gasteiger partial charge < -0.3 is 14.2 Å². The number of ether oxygens (including phenoxy) is 3. The molecule has 0 bridgehead atoms. The Labute approximate surface area is 250 Å². The van der Waals surface area contributed by atoms with Crippen LogP contribution >= 0.6 is 11.6 Å². The number of hydrogen-bond acceptors (Lipinski definition) is 7. The van der Waals surface area contributed by atoms with Crippen molar-refractivity contribution in [2.45, 2.75) is 18.4 Å². The molecule has 0 spiro atoms. The molecule has 9 nitrogen and oxygen atoms in total. The topological polar surface area (TPSA) is 107 Å². The van der Waals surface area contributed by atoms with Gasteiger partial charge in [0.1, 0.15) is 18.9 Å². The summed E-state index contributed by atoms with van der Waals surface area (Å²) in [7, 11) is -1.29. The number of aryl methyl sites for hydroxylation is 1. The number of nitrogens with zero attached hydrogens (tertiary/aromatic N) is 2. The monoisotopic (exact) mass is 607 g/mol. The van der Waals surface area contributed by atoms with Gasteiger partial charge >= 0.3 is 0 Å². The van der Waals surface area contributed by atoms with Gasteiger partial charge in [-0.25, -0.2) is 13.8 Å². The average molecular weight is 608 g/mol. The van der Waals surface area contributed by atoms with E-state index in [1.807, 2.05) is 19.1 Å². The van der Waals surface area contributed by atoms with Crippen molar-refractivity contribution in [3.63, 3.8) is 0 Å². The molecule has 218 valence electrons. The van der Waals surface area contributed by atoms with Crippen LogP contribution in [0.3, 0.4) is 0 Å². The van der Waals surface area contributed by atoms with Crippen LogP contribution in [0.25, 0.3) is 0 Å². The Morgan fingerprint density at radius 1 is 0.905 bits per heavy atom. The summed E-state index contributed by atoms with van der Waals surface area (Å²) in [5.74, 6) is 0.670. The van der Waals surface area contributed by atoms with Crippen molar-refractivity contribution in [3.8, 4) is 17.2 Å². The summed E-state index contributed by atoms with van der Waals surface area (Å²) in [6, 6.07) is 25.6. The number of benzene rings is 4. The SMILES string of the molecule is COc1ccc(S(=O)(=O)N(CC(=O)N/N=C\c2ccc(OCc3ccc(Cl)cc3)cc2)c2ccc(C)cc2)cc1OC. The molecule has 4 rings (SSSR count). The number of anilines is 1. The number of hydrogen-bond donors (Lipinski definition) is 1. The van der Waals surface area contributed by atoms with E-state index in [0.29, 0.717) is 34.4 Å². The van der Waals surface area contributed by atoms with Gasteiger partial charge in [0.15, 0.2) is 11.5 Å². The van der Waals surface area contributed by atoms with Gasteiger partial charge in [-0.2, -0.15) is 5.10 Å². The van der Waals surface area contributed by atoms with E-state index in [4.69, 9.17) is 25.8 Å². The number of carbonyl (C=O) groups is 1. The highest BCUT2D eigenvalue weighted by molar-refractivity contribution is 7.92. The number of methoxy groups -OCH3 is 2. The van der Waals surface area contributed by atoms with Crippen LogP contribution in [-0.4, -0.2) is 41.3 Å². The zero-order valence-corrected chi connectivity index (χ0v) is 24.9. The quantitative estimate of drug-likeness (QED) is 0.166. The van der Waals surface area contributed by atoms with Crippen LogP contribution < -0.4 is 23.9 Å². The first-order valence-electron chi connectivity index (χ1n) is 12.8. The van der Waals surface area contributed by atoms with E-state index in [9.17, 15) is 13.2 Å².